The maximum atomic E-state index is 12.2. The molecule has 7 nitrogen and oxygen atoms in total. The third-order valence-electron chi connectivity index (χ3n) is 5.16. The van der Waals surface area contributed by atoms with Crippen molar-refractivity contribution in [1.82, 2.24) is 20.2 Å². The van der Waals surface area contributed by atoms with Gasteiger partial charge in [0.1, 0.15) is 11.4 Å². The van der Waals surface area contributed by atoms with E-state index in [1.54, 1.807) is 18.6 Å². The van der Waals surface area contributed by atoms with Crippen molar-refractivity contribution in [3.05, 3.63) is 18.6 Å². The lowest BCUT2D eigenvalue weighted by molar-refractivity contribution is -0.123. The number of hydrogen-bond acceptors (Lipinski definition) is 6. The van der Waals surface area contributed by atoms with Crippen LogP contribution in [-0.4, -0.2) is 70.8 Å². The Labute approximate surface area is 143 Å². The van der Waals surface area contributed by atoms with Crippen LogP contribution in [0.15, 0.2) is 18.6 Å². The number of aliphatic hydroxyl groups is 1. The summed E-state index contributed by atoms with van der Waals surface area (Å²) in [6.07, 6.45) is 10.5. The maximum Gasteiger partial charge on any atom is 0.234 e. The fourth-order valence-electron chi connectivity index (χ4n) is 3.67. The average molecular weight is 333 g/mol. The van der Waals surface area contributed by atoms with Gasteiger partial charge in [-0.1, -0.05) is 12.8 Å². The molecule has 2 aliphatic rings. The van der Waals surface area contributed by atoms with E-state index in [-0.39, 0.29) is 12.5 Å². The zero-order chi connectivity index (χ0) is 17.0. The smallest absolute Gasteiger partial charge is 0.234 e. The van der Waals surface area contributed by atoms with Crippen LogP contribution in [0.25, 0.3) is 0 Å². The first kappa shape index (κ1) is 17.1. The van der Waals surface area contributed by atoms with E-state index in [0.717, 1.165) is 5.82 Å². The molecular formula is C17H27N5O2. The number of nitrogens with zero attached hydrogens (tertiary/aromatic N) is 4. The number of amides is 1. The molecule has 0 aromatic carbocycles. The van der Waals surface area contributed by atoms with E-state index in [4.69, 9.17) is 0 Å². The molecule has 1 amide bonds. The molecule has 0 radical (unpaired) electrons. The number of carbonyl (C=O) groups is 1. The second-order valence-electron chi connectivity index (χ2n) is 7.09. The summed E-state index contributed by atoms with van der Waals surface area (Å²) in [7, 11) is 2.01. The number of carbonyl (C=O) groups excluding carboxylic acids is 1. The molecule has 2 fully saturated rings. The summed E-state index contributed by atoms with van der Waals surface area (Å²) in [6.45, 7) is 1.85. The first-order chi connectivity index (χ1) is 11.6. The molecule has 24 heavy (non-hydrogen) atoms. The lowest BCUT2D eigenvalue weighted by Gasteiger charge is -2.26. The van der Waals surface area contributed by atoms with Crippen LogP contribution in [0.3, 0.4) is 0 Å². The molecular weight excluding hydrogens is 306 g/mol. The van der Waals surface area contributed by atoms with Crippen LogP contribution in [0.4, 0.5) is 5.82 Å². The van der Waals surface area contributed by atoms with E-state index in [1.165, 1.54) is 25.7 Å². The van der Waals surface area contributed by atoms with Crippen LogP contribution in [-0.2, 0) is 4.79 Å². The minimum absolute atomic E-state index is 0.0178. The van der Waals surface area contributed by atoms with Crippen molar-refractivity contribution in [3.8, 4) is 0 Å². The van der Waals surface area contributed by atoms with Gasteiger partial charge in [-0.05, 0) is 26.3 Å². The van der Waals surface area contributed by atoms with Gasteiger partial charge >= 0.3 is 0 Å². The molecule has 2 N–H and O–H groups in total. The van der Waals surface area contributed by atoms with Crippen LogP contribution >= 0.6 is 0 Å². The second kappa shape index (κ2) is 7.44. The van der Waals surface area contributed by atoms with Crippen LogP contribution < -0.4 is 10.2 Å². The summed E-state index contributed by atoms with van der Waals surface area (Å²) >= 11 is 0. The third kappa shape index (κ3) is 4.21. The second-order valence-corrected chi connectivity index (χ2v) is 7.09. The van der Waals surface area contributed by atoms with Crippen molar-refractivity contribution in [2.24, 2.45) is 0 Å². The standard InChI is InChI=1S/C17H27N5O2/c1-21(14-4-2-3-5-14)11-16(23)20-12-17(24)6-9-22(13-17)15-10-18-7-8-19-15/h7-8,10,14,24H,2-6,9,11-13H2,1H3,(H,20,23)/t17-/m0/s1. The number of nitrogens with one attached hydrogen (secondary N) is 1. The minimum atomic E-state index is -0.904. The van der Waals surface area contributed by atoms with Gasteiger partial charge in [-0.15, -0.1) is 0 Å². The molecule has 0 spiro atoms. The lowest BCUT2D eigenvalue weighted by Crippen LogP contribution is -2.48. The van der Waals surface area contributed by atoms with E-state index in [9.17, 15) is 9.90 Å². The molecule has 1 aliphatic carbocycles. The van der Waals surface area contributed by atoms with Gasteiger partial charge in [0.25, 0.3) is 0 Å². The summed E-state index contributed by atoms with van der Waals surface area (Å²) in [6, 6.07) is 0.525. The highest BCUT2D eigenvalue weighted by Gasteiger charge is 2.37. The summed E-state index contributed by atoms with van der Waals surface area (Å²) in [5.41, 5.74) is -0.904. The Morgan fingerprint density at radius 1 is 1.46 bits per heavy atom. The predicted molar refractivity (Wildman–Crippen MR) is 91.7 cm³/mol. The Bertz CT molecular complexity index is 549. The molecule has 0 bridgehead atoms. The van der Waals surface area contributed by atoms with Gasteiger partial charge in [0, 0.05) is 38.1 Å². The summed E-state index contributed by atoms with van der Waals surface area (Å²) < 4.78 is 0. The minimum Gasteiger partial charge on any atom is -0.386 e. The Morgan fingerprint density at radius 2 is 2.25 bits per heavy atom. The number of likely N-dealkylation sites (N-methyl/N-ethyl adjacent to an activating group) is 1. The van der Waals surface area contributed by atoms with Crippen LogP contribution in [0, 0.1) is 0 Å². The number of β-amino-alcohol motifs (C(OH)–C–C–N with tert-alkyl or cyclic N) is 1. The molecule has 1 aromatic rings. The highest BCUT2D eigenvalue weighted by Crippen LogP contribution is 2.24. The van der Waals surface area contributed by atoms with E-state index >= 15 is 0 Å². The fourth-order valence-corrected chi connectivity index (χ4v) is 3.67. The summed E-state index contributed by atoms with van der Waals surface area (Å²) in [4.78, 5) is 24.6. The van der Waals surface area contributed by atoms with E-state index < -0.39 is 5.60 Å². The predicted octanol–water partition coefficient (Wildman–Crippen LogP) is 0.408. The molecule has 3 rings (SSSR count). The molecule has 1 atom stereocenters. The van der Waals surface area contributed by atoms with E-state index in [2.05, 4.69) is 20.2 Å². The topological polar surface area (TPSA) is 81.6 Å². The molecule has 1 aliphatic heterocycles. The summed E-state index contributed by atoms with van der Waals surface area (Å²) in [5.74, 6) is 0.747. The molecule has 7 heteroatoms. The maximum absolute atomic E-state index is 12.2. The normalized spacial score (nSPS) is 24.7. The van der Waals surface area contributed by atoms with Gasteiger partial charge in [-0.2, -0.15) is 0 Å². The highest BCUT2D eigenvalue weighted by atomic mass is 16.3. The SMILES string of the molecule is CN(CC(=O)NC[C@@]1(O)CCN(c2cnccn2)C1)C1CCCC1. The van der Waals surface area contributed by atoms with Crippen molar-refractivity contribution in [2.75, 3.05) is 38.1 Å². The number of hydrogen-bond donors (Lipinski definition) is 2. The van der Waals surface area contributed by atoms with Crippen LogP contribution in [0.5, 0.6) is 0 Å². The summed E-state index contributed by atoms with van der Waals surface area (Å²) in [5, 5.41) is 13.6. The Hall–Kier alpha value is -1.73. The number of aromatic nitrogens is 2. The van der Waals surface area contributed by atoms with Crippen molar-refractivity contribution in [3.63, 3.8) is 0 Å². The number of anilines is 1. The zero-order valence-corrected chi connectivity index (χ0v) is 14.3. The monoisotopic (exact) mass is 333 g/mol. The Kier molecular flexibility index (Phi) is 5.30. The van der Waals surface area contributed by atoms with Crippen molar-refractivity contribution < 1.29 is 9.90 Å². The molecule has 132 valence electrons. The molecule has 1 saturated heterocycles. The first-order valence-corrected chi connectivity index (χ1v) is 8.76. The van der Waals surface area contributed by atoms with Crippen LogP contribution in [0.2, 0.25) is 0 Å². The van der Waals surface area contributed by atoms with Gasteiger partial charge in [0.05, 0.1) is 12.7 Å². The Morgan fingerprint density at radius 3 is 2.96 bits per heavy atom. The van der Waals surface area contributed by atoms with Gasteiger partial charge in [0.2, 0.25) is 5.91 Å². The quantitative estimate of drug-likeness (QED) is 0.785. The molecule has 0 unspecified atom stereocenters. The number of rotatable bonds is 6. The van der Waals surface area contributed by atoms with Gasteiger partial charge in [-0.25, -0.2) is 4.98 Å². The van der Waals surface area contributed by atoms with Gasteiger partial charge in [-0.3, -0.25) is 14.7 Å². The fraction of sp³-hybridized carbons (Fsp3) is 0.706. The lowest BCUT2D eigenvalue weighted by atomic mass is 10.0. The highest BCUT2D eigenvalue weighted by molar-refractivity contribution is 5.78. The van der Waals surface area contributed by atoms with Crippen molar-refractivity contribution in [2.45, 2.75) is 43.7 Å². The molecule has 2 heterocycles. The van der Waals surface area contributed by atoms with Crippen molar-refractivity contribution in [1.29, 1.82) is 0 Å². The average Bonchev–Trinajstić information content (AvgIpc) is 3.24. The van der Waals surface area contributed by atoms with E-state index in [0.29, 0.717) is 32.1 Å². The molecule has 1 aromatic heterocycles. The molecule has 1 saturated carbocycles. The third-order valence-corrected chi connectivity index (χ3v) is 5.16. The van der Waals surface area contributed by atoms with Crippen LogP contribution in [0.1, 0.15) is 32.1 Å². The van der Waals surface area contributed by atoms with Gasteiger partial charge < -0.3 is 15.3 Å². The zero-order valence-electron chi connectivity index (χ0n) is 14.3. The van der Waals surface area contributed by atoms with Gasteiger partial charge in [0.15, 0.2) is 0 Å². The van der Waals surface area contributed by atoms with E-state index in [1.807, 2.05) is 11.9 Å². The largest absolute Gasteiger partial charge is 0.386 e. The Balaban J connectivity index is 1.45. The van der Waals surface area contributed by atoms with Crippen molar-refractivity contribution >= 4 is 11.7 Å². The first-order valence-electron chi connectivity index (χ1n) is 8.76.